The van der Waals surface area contributed by atoms with Crippen molar-refractivity contribution < 1.29 is 9.90 Å². The summed E-state index contributed by atoms with van der Waals surface area (Å²) in [5.74, 6) is 0.299. The topological polar surface area (TPSA) is 49.3 Å². The second kappa shape index (κ2) is 6.68. The molecular weight excluding hydrogens is 314 g/mol. The van der Waals surface area contributed by atoms with Gasteiger partial charge in [-0.25, -0.2) is 0 Å². The van der Waals surface area contributed by atoms with Gasteiger partial charge in [0.05, 0.1) is 10.2 Å². The average molecular weight is 332 g/mol. The first-order valence-corrected chi connectivity index (χ1v) is 7.94. The molecule has 1 heterocycles. The number of aliphatic hydroxyl groups excluding tert-OH is 1. The molecule has 3 nitrogen and oxygen atoms in total. The van der Waals surface area contributed by atoms with Crippen LogP contribution < -0.4 is 5.32 Å². The fraction of sp³-hybridized carbons (Fsp3) is 0.615. The van der Waals surface area contributed by atoms with E-state index in [-0.39, 0.29) is 24.5 Å². The Morgan fingerprint density at radius 3 is 2.89 bits per heavy atom. The van der Waals surface area contributed by atoms with Gasteiger partial charge in [0.2, 0.25) is 5.91 Å². The molecule has 0 aliphatic heterocycles. The minimum Gasteiger partial charge on any atom is -0.396 e. The zero-order valence-corrected chi connectivity index (χ0v) is 12.6. The van der Waals surface area contributed by atoms with Gasteiger partial charge in [-0.3, -0.25) is 4.79 Å². The molecule has 100 valence electrons. The maximum atomic E-state index is 12.0. The molecule has 5 heteroatoms. The lowest BCUT2D eigenvalue weighted by Crippen LogP contribution is -2.43. The number of halogens is 1. The molecule has 2 rings (SSSR count). The van der Waals surface area contributed by atoms with Crippen molar-refractivity contribution in [2.75, 3.05) is 6.61 Å². The molecule has 2 N–H and O–H groups in total. The minimum atomic E-state index is 0.0645. The molecular formula is C13H18BrNO2S. The summed E-state index contributed by atoms with van der Waals surface area (Å²) >= 11 is 4.99. The van der Waals surface area contributed by atoms with Gasteiger partial charge in [-0.05, 0) is 40.9 Å². The van der Waals surface area contributed by atoms with E-state index >= 15 is 0 Å². The van der Waals surface area contributed by atoms with Gasteiger partial charge in [-0.1, -0.05) is 12.8 Å². The SMILES string of the molecule is O=C(Cc1ccc(Br)s1)NC1CCCCC1CO. The number of aliphatic hydroxyl groups is 1. The lowest BCUT2D eigenvalue weighted by molar-refractivity contribution is -0.121. The molecule has 1 aliphatic carbocycles. The van der Waals surface area contributed by atoms with Crippen molar-refractivity contribution in [1.82, 2.24) is 5.32 Å². The molecule has 2 atom stereocenters. The molecule has 1 aliphatic rings. The summed E-state index contributed by atoms with van der Waals surface area (Å²) in [6.45, 7) is 0.176. The molecule has 0 aromatic carbocycles. The predicted molar refractivity (Wildman–Crippen MR) is 76.7 cm³/mol. The van der Waals surface area contributed by atoms with Gasteiger partial charge in [-0.2, -0.15) is 0 Å². The van der Waals surface area contributed by atoms with Crippen LogP contribution >= 0.6 is 27.3 Å². The predicted octanol–water partition coefficient (Wildman–Crippen LogP) is 2.72. The highest BCUT2D eigenvalue weighted by Crippen LogP contribution is 2.25. The summed E-state index contributed by atoms with van der Waals surface area (Å²) in [7, 11) is 0. The van der Waals surface area contributed by atoms with Crippen molar-refractivity contribution in [2.45, 2.75) is 38.1 Å². The number of hydrogen-bond acceptors (Lipinski definition) is 3. The summed E-state index contributed by atoms with van der Waals surface area (Å²) in [6, 6.07) is 4.09. The zero-order valence-electron chi connectivity index (χ0n) is 10.2. The van der Waals surface area contributed by atoms with Crippen molar-refractivity contribution in [3.63, 3.8) is 0 Å². The van der Waals surface area contributed by atoms with Gasteiger partial charge in [-0.15, -0.1) is 11.3 Å². The van der Waals surface area contributed by atoms with Crippen LogP contribution in [0.1, 0.15) is 30.6 Å². The molecule has 18 heavy (non-hydrogen) atoms. The van der Waals surface area contributed by atoms with E-state index in [2.05, 4.69) is 21.2 Å². The van der Waals surface area contributed by atoms with Crippen molar-refractivity contribution in [1.29, 1.82) is 0 Å². The average Bonchev–Trinajstić information content (AvgIpc) is 2.75. The summed E-state index contributed by atoms with van der Waals surface area (Å²) in [4.78, 5) is 13.0. The summed E-state index contributed by atoms with van der Waals surface area (Å²) in [6.07, 6.45) is 4.75. The van der Waals surface area contributed by atoms with Crippen LogP contribution in [-0.4, -0.2) is 23.7 Å². The summed E-state index contributed by atoms with van der Waals surface area (Å²) in [5.41, 5.74) is 0. The maximum absolute atomic E-state index is 12.0. The number of carbonyl (C=O) groups is 1. The van der Waals surface area contributed by atoms with E-state index in [1.807, 2.05) is 12.1 Å². The molecule has 0 saturated heterocycles. The molecule has 0 bridgehead atoms. The number of thiophene rings is 1. The molecule has 1 saturated carbocycles. The lowest BCUT2D eigenvalue weighted by Gasteiger charge is -2.30. The van der Waals surface area contributed by atoms with Crippen molar-refractivity contribution >= 4 is 33.2 Å². The van der Waals surface area contributed by atoms with E-state index in [4.69, 9.17) is 0 Å². The van der Waals surface area contributed by atoms with E-state index < -0.39 is 0 Å². The third kappa shape index (κ3) is 3.80. The second-order valence-corrected chi connectivity index (χ2v) is 7.33. The van der Waals surface area contributed by atoms with Gasteiger partial charge in [0.15, 0.2) is 0 Å². The molecule has 1 aromatic heterocycles. The fourth-order valence-electron chi connectivity index (χ4n) is 2.48. The molecule has 2 unspecified atom stereocenters. The molecule has 1 amide bonds. The van der Waals surface area contributed by atoms with Gasteiger partial charge >= 0.3 is 0 Å². The monoisotopic (exact) mass is 331 g/mol. The van der Waals surface area contributed by atoms with Gasteiger partial charge in [0.1, 0.15) is 0 Å². The Morgan fingerprint density at radius 1 is 1.44 bits per heavy atom. The first-order valence-electron chi connectivity index (χ1n) is 6.33. The highest BCUT2D eigenvalue weighted by atomic mass is 79.9. The molecule has 1 fully saturated rings. The first-order chi connectivity index (χ1) is 8.69. The van der Waals surface area contributed by atoms with Crippen molar-refractivity contribution in [2.24, 2.45) is 5.92 Å². The Kier molecular flexibility index (Phi) is 5.21. The third-order valence-electron chi connectivity index (χ3n) is 3.45. The largest absolute Gasteiger partial charge is 0.396 e. The van der Waals surface area contributed by atoms with E-state index in [0.717, 1.165) is 34.3 Å². The summed E-state index contributed by atoms with van der Waals surface area (Å²) in [5, 5.41) is 12.4. The fourth-order valence-corrected chi connectivity index (χ4v) is 3.96. The standard InChI is InChI=1S/C13H18BrNO2S/c14-12-6-5-10(18-12)7-13(17)15-11-4-2-1-3-9(11)8-16/h5-6,9,11,16H,1-4,7-8H2,(H,15,17). The Morgan fingerprint density at radius 2 is 2.22 bits per heavy atom. The molecule has 1 aromatic rings. The highest BCUT2D eigenvalue weighted by molar-refractivity contribution is 9.11. The second-order valence-electron chi connectivity index (χ2n) is 4.78. The normalized spacial score (nSPS) is 23.9. The zero-order chi connectivity index (χ0) is 13.0. The van der Waals surface area contributed by atoms with Crippen LogP contribution in [0.5, 0.6) is 0 Å². The number of nitrogens with one attached hydrogen (secondary N) is 1. The van der Waals surface area contributed by atoms with E-state index in [9.17, 15) is 9.90 Å². The Hall–Kier alpha value is -0.390. The Bertz CT molecular complexity index is 407. The Labute approximate surface area is 120 Å². The van der Waals surface area contributed by atoms with Crippen LogP contribution in [0.3, 0.4) is 0 Å². The molecule has 0 radical (unpaired) electrons. The molecule has 0 spiro atoms. The smallest absolute Gasteiger partial charge is 0.225 e. The van der Waals surface area contributed by atoms with Crippen LogP contribution in [0.2, 0.25) is 0 Å². The summed E-state index contributed by atoms with van der Waals surface area (Å²) < 4.78 is 1.05. The van der Waals surface area contributed by atoms with Crippen molar-refractivity contribution in [3.05, 3.63) is 20.8 Å². The maximum Gasteiger partial charge on any atom is 0.225 e. The van der Waals surface area contributed by atoms with Crippen LogP contribution in [0.4, 0.5) is 0 Å². The van der Waals surface area contributed by atoms with E-state index in [1.165, 1.54) is 0 Å². The number of hydrogen-bond donors (Lipinski definition) is 2. The quantitative estimate of drug-likeness (QED) is 0.891. The van der Waals surface area contributed by atoms with Gasteiger partial charge in [0, 0.05) is 23.4 Å². The number of carbonyl (C=O) groups excluding carboxylic acids is 1. The number of rotatable bonds is 4. The van der Waals surface area contributed by atoms with E-state index in [0.29, 0.717) is 6.42 Å². The van der Waals surface area contributed by atoms with Crippen molar-refractivity contribution in [3.8, 4) is 0 Å². The first kappa shape index (κ1) is 14.0. The minimum absolute atomic E-state index is 0.0645. The number of amides is 1. The lowest BCUT2D eigenvalue weighted by atomic mass is 9.85. The van der Waals surface area contributed by atoms with Crippen LogP contribution in [0.25, 0.3) is 0 Å². The Balaban J connectivity index is 1.86. The van der Waals surface area contributed by atoms with Gasteiger partial charge < -0.3 is 10.4 Å². The third-order valence-corrected chi connectivity index (χ3v) is 5.08. The highest BCUT2D eigenvalue weighted by Gasteiger charge is 2.25. The van der Waals surface area contributed by atoms with Crippen LogP contribution in [0, 0.1) is 5.92 Å². The van der Waals surface area contributed by atoms with Gasteiger partial charge in [0.25, 0.3) is 0 Å². The van der Waals surface area contributed by atoms with E-state index in [1.54, 1.807) is 11.3 Å². The van der Waals surface area contributed by atoms with Crippen LogP contribution in [-0.2, 0) is 11.2 Å². The van der Waals surface area contributed by atoms with Crippen LogP contribution in [0.15, 0.2) is 15.9 Å².